The Morgan fingerprint density at radius 2 is 1.29 bits per heavy atom. The zero-order valence-electron chi connectivity index (χ0n) is 24.7. The Morgan fingerprint density at radius 3 is 1.96 bits per heavy atom. The minimum absolute atomic E-state index is 0.277. The lowest BCUT2D eigenvalue weighted by atomic mass is 10.00. The highest BCUT2D eigenvalue weighted by atomic mass is 16.5. The molecular weight excluding hydrogens is 566 g/mol. The molecule has 0 spiro atoms. The fourth-order valence-corrected chi connectivity index (χ4v) is 5.52. The molecule has 0 unspecified atom stereocenters. The molecule has 2 aromatic heterocycles. The number of para-hydroxylation sites is 1. The first-order chi connectivity index (χ1) is 22.2. The fraction of sp³-hybridized carbons (Fsp3) is 0.189. The molecule has 6 aromatic rings. The van der Waals surface area contributed by atoms with Crippen LogP contribution in [0.5, 0.6) is 11.8 Å². The third kappa shape index (κ3) is 6.46. The molecule has 0 atom stereocenters. The van der Waals surface area contributed by atoms with Gasteiger partial charge >= 0.3 is 5.76 Å². The van der Waals surface area contributed by atoms with E-state index in [1.54, 1.807) is 12.1 Å². The number of benzene rings is 4. The molecule has 7 rings (SSSR count). The number of ether oxygens (including phenoxy) is 3. The van der Waals surface area contributed by atoms with Gasteiger partial charge in [-0.1, -0.05) is 97.1 Å². The maximum Gasteiger partial charge on any atom is 0.424 e. The number of oxazole rings is 1. The van der Waals surface area contributed by atoms with Crippen molar-refractivity contribution in [2.45, 2.75) is 19.8 Å². The third-order valence-electron chi connectivity index (χ3n) is 7.85. The van der Waals surface area contributed by atoms with E-state index in [-0.39, 0.29) is 12.5 Å². The number of rotatable bonds is 12. The van der Waals surface area contributed by atoms with Crippen molar-refractivity contribution >= 4 is 16.8 Å². The van der Waals surface area contributed by atoms with E-state index >= 15 is 0 Å². The van der Waals surface area contributed by atoms with Gasteiger partial charge < -0.3 is 23.5 Å². The largest absolute Gasteiger partial charge is 0.473 e. The van der Waals surface area contributed by atoms with Crippen LogP contribution in [0, 0.1) is 5.92 Å². The molecular formula is C37H33N3O5. The average Bonchev–Trinajstić information content (AvgIpc) is 3.41. The smallest absolute Gasteiger partial charge is 0.424 e. The minimum atomic E-state index is -0.509. The normalized spacial score (nSPS) is 13.1. The van der Waals surface area contributed by atoms with Crippen LogP contribution in [0.15, 0.2) is 131 Å². The summed E-state index contributed by atoms with van der Waals surface area (Å²) in [6, 6.07) is 39.3. The van der Waals surface area contributed by atoms with Crippen molar-refractivity contribution in [2.75, 3.05) is 24.6 Å². The van der Waals surface area contributed by atoms with Crippen molar-refractivity contribution < 1.29 is 18.6 Å². The number of anilines is 1. The van der Waals surface area contributed by atoms with Crippen molar-refractivity contribution in [3.05, 3.63) is 149 Å². The van der Waals surface area contributed by atoms with Crippen LogP contribution >= 0.6 is 0 Å². The molecule has 1 aliphatic rings. The van der Waals surface area contributed by atoms with Gasteiger partial charge in [0.25, 0.3) is 0 Å². The Labute approximate surface area is 261 Å². The van der Waals surface area contributed by atoms with Crippen LogP contribution in [-0.2, 0) is 24.6 Å². The zero-order valence-corrected chi connectivity index (χ0v) is 24.7. The lowest BCUT2D eigenvalue weighted by molar-refractivity contribution is 0.0773. The highest BCUT2D eigenvalue weighted by Gasteiger charge is 2.30. The molecule has 45 heavy (non-hydrogen) atoms. The molecule has 0 N–H and O–H groups in total. The molecule has 8 heteroatoms. The van der Waals surface area contributed by atoms with E-state index in [0.717, 1.165) is 29.9 Å². The summed E-state index contributed by atoms with van der Waals surface area (Å²) in [5, 5.41) is 0. The Bertz CT molecular complexity index is 1920. The van der Waals surface area contributed by atoms with Gasteiger partial charge in [-0.05, 0) is 34.9 Å². The van der Waals surface area contributed by atoms with Gasteiger partial charge in [0, 0.05) is 25.1 Å². The first kappa shape index (κ1) is 28.4. The second-order valence-corrected chi connectivity index (χ2v) is 11.1. The van der Waals surface area contributed by atoms with Crippen LogP contribution in [0.4, 0.5) is 5.69 Å². The van der Waals surface area contributed by atoms with Gasteiger partial charge in [0.05, 0.1) is 24.4 Å². The van der Waals surface area contributed by atoms with Crippen molar-refractivity contribution in [1.29, 1.82) is 0 Å². The summed E-state index contributed by atoms with van der Waals surface area (Å²) in [6.07, 6.45) is 0. The molecule has 0 saturated carbocycles. The molecule has 8 nitrogen and oxygen atoms in total. The molecule has 226 valence electrons. The minimum Gasteiger partial charge on any atom is -0.473 e. The number of fused-ring (bicyclic) bond motifs is 1. The lowest BCUT2D eigenvalue weighted by Crippen LogP contribution is -2.48. The van der Waals surface area contributed by atoms with Crippen LogP contribution in [0.3, 0.4) is 0 Å². The molecule has 1 aliphatic heterocycles. The lowest BCUT2D eigenvalue weighted by Gasteiger charge is -2.40. The topological polar surface area (TPSA) is 79.0 Å². The van der Waals surface area contributed by atoms with E-state index in [9.17, 15) is 4.79 Å². The van der Waals surface area contributed by atoms with Crippen LogP contribution < -0.4 is 20.1 Å². The van der Waals surface area contributed by atoms with Crippen molar-refractivity contribution in [3.8, 4) is 17.4 Å². The molecule has 1 fully saturated rings. The van der Waals surface area contributed by atoms with E-state index < -0.39 is 5.76 Å². The molecule has 0 radical (unpaired) electrons. The van der Waals surface area contributed by atoms with E-state index in [2.05, 4.69) is 22.0 Å². The number of aromatic nitrogens is 2. The Morgan fingerprint density at radius 1 is 0.667 bits per heavy atom. The number of pyridine rings is 1. The van der Waals surface area contributed by atoms with Gasteiger partial charge in [-0.15, -0.1) is 0 Å². The maximum absolute atomic E-state index is 13.4. The standard InChI is InChI=1S/C37H33N3O5/c41-37-40(32-18-10-17-31(35(32)45-37)39-21-30(22-39)24-42-23-27-11-4-1-5-12-27)33-19-20-34(43-25-28-13-6-2-7-14-28)38-36(33)44-26-29-15-8-3-9-16-29/h1-20,30H,21-26H2. The molecule has 3 heterocycles. The summed E-state index contributed by atoms with van der Waals surface area (Å²) in [6.45, 7) is 3.56. The number of hydrogen-bond donors (Lipinski definition) is 0. The zero-order chi connectivity index (χ0) is 30.4. The van der Waals surface area contributed by atoms with Gasteiger partial charge in [-0.2, -0.15) is 4.98 Å². The highest BCUT2D eigenvalue weighted by molar-refractivity contribution is 5.88. The Hall–Kier alpha value is -5.34. The van der Waals surface area contributed by atoms with Crippen LogP contribution in [0.1, 0.15) is 16.7 Å². The summed E-state index contributed by atoms with van der Waals surface area (Å²) in [5.74, 6) is 0.570. The van der Waals surface area contributed by atoms with Crippen molar-refractivity contribution in [1.82, 2.24) is 9.55 Å². The SMILES string of the molecule is O=c1oc2c(N3CC(COCc4ccccc4)C3)cccc2n1-c1ccc(OCc2ccccc2)nc1OCc1ccccc1. The number of nitrogens with zero attached hydrogens (tertiary/aromatic N) is 3. The first-order valence-corrected chi connectivity index (χ1v) is 15.1. The van der Waals surface area contributed by atoms with Gasteiger partial charge in [-0.25, -0.2) is 9.36 Å². The number of hydrogen-bond acceptors (Lipinski definition) is 7. The van der Waals surface area contributed by atoms with E-state index in [0.29, 0.717) is 48.4 Å². The average molecular weight is 600 g/mol. The molecule has 1 saturated heterocycles. The van der Waals surface area contributed by atoms with E-state index in [1.165, 1.54) is 10.1 Å². The molecule has 0 bridgehead atoms. The van der Waals surface area contributed by atoms with E-state index in [1.807, 2.05) is 97.1 Å². The summed E-state index contributed by atoms with van der Waals surface area (Å²) in [5.41, 5.74) is 5.71. The summed E-state index contributed by atoms with van der Waals surface area (Å²) in [4.78, 5) is 20.3. The summed E-state index contributed by atoms with van der Waals surface area (Å²) < 4.78 is 25.6. The predicted molar refractivity (Wildman–Crippen MR) is 173 cm³/mol. The van der Waals surface area contributed by atoms with Gasteiger partial charge in [0.1, 0.15) is 18.9 Å². The molecule has 0 aliphatic carbocycles. The molecule has 0 amide bonds. The van der Waals surface area contributed by atoms with Crippen LogP contribution in [-0.4, -0.2) is 29.2 Å². The van der Waals surface area contributed by atoms with Gasteiger partial charge in [0.15, 0.2) is 5.58 Å². The maximum atomic E-state index is 13.4. The van der Waals surface area contributed by atoms with Crippen molar-refractivity contribution in [2.24, 2.45) is 5.92 Å². The molecule has 4 aromatic carbocycles. The second kappa shape index (κ2) is 13.1. The second-order valence-electron chi connectivity index (χ2n) is 11.1. The Kier molecular flexibility index (Phi) is 8.29. The quantitative estimate of drug-likeness (QED) is 0.153. The summed E-state index contributed by atoms with van der Waals surface area (Å²) >= 11 is 0. The fourth-order valence-electron chi connectivity index (χ4n) is 5.52. The predicted octanol–water partition coefficient (Wildman–Crippen LogP) is 6.79. The van der Waals surface area contributed by atoms with E-state index in [4.69, 9.17) is 18.6 Å². The van der Waals surface area contributed by atoms with Gasteiger partial charge in [0.2, 0.25) is 11.8 Å². The highest BCUT2D eigenvalue weighted by Crippen LogP contribution is 2.34. The Balaban J connectivity index is 1.12. The van der Waals surface area contributed by atoms with Crippen LogP contribution in [0.2, 0.25) is 0 Å². The van der Waals surface area contributed by atoms with Crippen molar-refractivity contribution in [3.63, 3.8) is 0 Å². The van der Waals surface area contributed by atoms with Crippen LogP contribution in [0.25, 0.3) is 16.8 Å². The van der Waals surface area contributed by atoms with Gasteiger partial charge in [-0.3, -0.25) is 0 Å². The first-order valence-electron chi connectivity index (χ1n) is 15.1. The monoisotopic (exact) mass is 599 g/mol. The summed E-state index contributed by atoms with van der Waals surface area (Å²) in [7, 11) is 0. The third-order valence-corrected chi connectivity index (χ3v) is 7.85.